The number of carbonyl (C=O) groups excluding carboxylic acids is 2. The Labute approximate surface area is 162 Å². The second-order valence-corrected chi connectivity index (χ2v) is 9.15. The van der Waals surface area contributed by atoms with Crippen molar-refractivity contribution < 1.29 is 14.3 Å². The fourth-order valence-corrected chi connectivity index (χ4v) is 6.09. The van der Waals surface area contributed by atoms with Crippen LogP contribution in [0.25, 0.3) is 0 Å². The summed E-state index contributed by atoms with van der Waals surface area (Å²) in [5.74, 6) is 1.91. The highest BCUT2D eigenvalue weighted by atomic mass is 16.5. The molecular weight excluding hydrogens is 342 g/mol. The summed E-state index contributed by atoms with van der Waals surface area (Å²) >= 11 is 0. The van der Waals surface area contributed by atoms with Crippen LogP contribution in [0.5, 0.6) is 0 Å². The molecule has 0 radical (unpaired) electrons. The summed E-state index contributed by atoms with van der Waals surface area (Å²) in [5, 5.41) is 6.09. The van der Waals surface area contributed by atoms with Gasteiger partial charge in [-0.2, -0.15) is 0 Å². The maximum atomic E-state index is 12.3. The van der Waals surface area contributed by atoms with Crippen LogP contribution < -0.4 is 10.6 Å². The van der Waals surface area contributed by atoms with E-state index in [1.807, 2.05) is 6.92 Å². The van der Waals surface area contributed by atoms with Gasteiger partial charge in [0.25, 0.3) is 0 Å². The van der Waals surface area contributed by atoms with Gasteiger partial charge >= 0.3 is 0 Å². The summed E-state index contributed by atoms with van der Waals surface area (Å²) in [4.78, 5) is 26.5. The van der Waals surface area contributed by atoms with E-state index in [9.17, 15) is 9.59 Å². The molecule has 0 unspecified atom stereocenters. The molecule has 2 bridgehead atoms. The molecule has 0 aromatic rings. The second kappa shape index (κ2) is 8.08. The average Bonchev–Trinajstić information content (AvgIpc) is 3.39. The summed E-state index contributed by atoms with van der Waals surface area (Å²) in [7, 11) is 0. The molecule has 3 heterocycles. The van der Waals surface area contributed by atoms with Crippen molar-refractivity contribution in [1.29, 1.82) is 0 Å². The fraction of sp³-hybridized carbons (Fsp3) is 0.905. The number of amides is 2. The van der Waals surface area contributed by atoms with Gasteiger partial charge in [-0.25, -0.2) is 0 Å². The van der Waals surface area contributed by atoms with Crippen LogP contribution in [0.1, 0.15) is 58.3 Å². The van der Waals surface area contributed by atoms with Crippen molar-refractivity contribution in [3.05, 3.63) is 0 Å². The monoisotopic (exact) mass is 377 g/mol. The predicted octanol–water partition coefficient (Wildman–Crippen LogP) is 1.69. The number of hydrogen-bond acceptors (Lipinski definition) is 4. The van der Waals surface area contributed by atoms with E-state index in [1.54, 1.807) is 0 Å². The van der Waals surface area contributed by atoms with Gasteiger partial charge in [0.05, 0.1) is 18.2 Å². The van der Waals surface area contributed by atoms with Gasteiger partial charge in [0.2, 0.25) is 11.8 Å². The molecule has 4 aliphatic rings. The first-order valence-corrected chi connectivity index (χ1v) is 11.0. The topological polar surface area (TPSA) is 70.7 Å². The molecule has 1 spiro atoms. The van der Waals surface area contributed by atoms with Crippen LogP contribution in [0, 0.1) is 17.8 Å². The smallest absolute Gasteiger partial charge is 0.234 e. The summed E-state index contributed by atoms with van der Waals surface area (Å²) in [6.07, 6.45) is 9.47. The van der Waals surface area contributed by atoms with E-state index in [-0.39, 0.29) is 23.5 Å². The molecule has 152 valence electrons. The second-order valence-electron chi connectivity index (χ2n) is 9.15. The zero-order valence-electron chi connectivity index (χ0n) is 16.7. The van der Waals surface area contributed by atoms with Crippen molar-refractivity contribution in [2.75, 3.05) is 32.7 Å². The highest BCUT2D eigenvalue weighted by Gasteiger charge is 2.62. The summed E-state index contributed by atoms with van der Waals surface area (Å²) in [6, 6.07) is 0. The van der Waals surface area contributed by atoms with E-state index >= 15 is 0 Å². The minimum Gasteiger partial charge on any atom is -0.370 e. The molecule has 6 heteroatoms. The Bertz CT molecular complexity index is 563. The first kappa shape index (κ1) is 19.2. The summed E-state index contributed by atoms with van der Waals surface area (Å²) < 4.78 is 6.42. The Morgan fingerprint density at radius 2 is 1.96 bits per heavy atom. The van der Waals surface area contributed by atoms with Crippen LogP contribution in [0.15, 0.2) is 0 Å². The van der Waals surface area contributed by atoms with Gasteiger partial charge in [-0.3, -0.25) is 14.5 Å². The molecule has 27 heavy (non-hydrogen) atoms. The zero-order chi connectivity index (χ0) is 18.9. The normalized spacial score (nSPS) is 35.5. The van der Waals surface area contributed by atoms with Gasteiger partial charge in [-0.1, -0.05) is 25.7 Å². The van der Waals surface area contributed by atoms with Gasteiger partial charge in [0.15, 0.2) is 0 Å². The van der Waals surface area contributed by atoms with Crippen LogP contribution in [-0.2, 0) is 14.3 Å². The van der Waals surface area contributed by atoms with Gasteiger partial charge in [0.1, 0.15) is 0 Å². The summed E-state index contributed by atoms with van der Waals surface area (Å²) in [6.45, 7) is 5.59. The van der Waals surface area contributed by atoms with Gasteiger partial charge in [-0.15, -0.1) is 0 Å². The summed E-state index contributed by atoms with van der Waals surface area (Å²) in [5.41, 5.74) is -0.0730. The van der Waals surface area contributed by atoms with Crippen LogP contribution in [0.4, 0.5) is 0 Å². The lowest BCUT2D eigenvalue weighted by Crippen LogP contribution is -2.41. The third kappa shape index (κ3) is 4.02. The first-order valence-electron chi connectivity index (χ1n) is 11.0. The Hall–Kier alpha value is -1.14. The number of fused-ring (bicyclic) bond motifs is 1. The van der Waals surface area contributed by atoms with Crippen LogP contribution >= 0.6 is 0 Å². The number of ether oxygens (including phenoxy) is 1. The van der Waals surface area contributed by atoms with E-state index in [0.717, 1.165) is 44.8 Å². The van der Waals surface area contributed by atoms with Gasteiger partial charge in [0, 0.05) is 44.4 Å². The number of hydrogen-bond donors (Lipinski definition) is 2. The number of nitrogens with one attached hydrogen (secondary N) is 2. The Morgan fingerprint density at radius 1 is 1.15 bits per heavy atom. The van der Waals surface area contributed by atoms with Crippen LogP contribution in [-0.4, -0.2) is 61.1 Å². The molecule has 0 aromatic carbocycles. The number of likely N-dealkylation sites (N-methyl/N-ethyl adjacent to an activating group) is 1. The molecule has 1 aliphatic carbocycles. The van der Waals surface area contributed by atoms with Crippen LogP contribution in [0.2, 0.25) is 0 Å². The Morgan fingerprint density at radius 3 is 2.74 bits per heavy atom. The Balaban J connectivity index is 1.26. The molecule has 2 N–H and O–H groups in total. The molecule has 6 nitrogen and oxygen atoms in total. The number of rotatable bonds is 8. The van der Waals surface area contributed by atoms with Crippen molar-refractivity contribution >= 4 is 11.8 Å². The SMILES string of the molecule is CCNC(=O)CN1C[C@@H]2[C@H](CNC(=O)CCC3CCCC3)[C@H]3CC[C@]2(C1)O3. The van der Waals surface area contributed by atoms with Crippen molar-refractivity contribution in [1.82, 2.24) is 15.5 Å². The van der Waals surface area contributed by atoms with Gasteiger partial charge < -0.3 is 15.4 Å². The van der Waals surface area contributed by atoms with E-state index < -0.39 is 0 Å². The lowest BCUT2D eigenvalue weighted by molar-refractivity contribution is -0.122. The van der Waals surface area contributed by atoms with Crippen molar-refractivity contribution in [2.45, 2.75) is 70.0 Å². The molecule has 2 amide bonds. The molecule has 4 fully saturated rings. The van der Waals surface area contributed by atoms with E-state index in [2.05, 4.69) is 15.5 Å². The van der Waals surface area contributed by atoms with Crippen LogP contribution in [0.3, 0.4) is 0 Å². The average molecular weight is 378 g/mol. The molecule has 4 rings (SSSR count). The number of nitrogens with zero attached hydrogens (tertiary/aromatic N) is 1. The largest absolute Gasteiger partial charge is 0.370 e. The minimum absolute atomic E-state index is 0.0730. The fourth-order valence-electron chi connectivity index (χ4n) is 6.09. The maximum Gasteiger partial charge on any atom is 0.234 e. The maximum absolute atomic E-state index is 12.3. The molecule has 0 aromatic heterocycles. The van der Waals surface area contributed by atoms with Crippen molar-refractivity contribution in [3.63, 3.8) is 0 Å². The third-order valence-corrected chi connectivity index (χ3v) is 7.38. The molecule has 4 atom stereocenters. The third-order valence-electron chi connectivity index (χ3n) is 7.38. The molecule has 3 saturated heterocycles. The highest BCUT2D eigenvalue weighted by molar-refractivity contribution is 5.78. The zero-order valence-corrected chi connectivity index (χ0v) is 16.7. The number of carbonyl (C=O) groups is 2. The van der Waals surface area contributed by atoms with E-state index in [1.165, 1.54) is 25.7 Å². The van der Waals surface area contributed by atoms with E-state index in [4.69, 9.17) is 4.74 Å². The highest BCUT2D eigenvalue weighted by Crippen LogP contribution is 2.54. The quantitative estimate of drug-likeness (QED) is 0.675. The predicted molar refractivity (Wildman–Crippen MR) is 103 cm³/mol. The van der Waals surface area contributed by atoms with Crippen molar-refractivity contribution in [3.8, 4) is 0 Å². The molecular formula is C21H35N3O3. The Kier molecular flexibility index (Phi) is 5.74. The lowest BCUT2D eigenvalue weighted by atomic mass is 9.73. The number of likely N-dealkylation sites (tertiary alicyclic amines) is 1. The standard InChI is InChI=1S/C21H35N3O3/c1-2-22-20(26)13-24-12-17-16(18-9-10-21(17,14-24)27-18)11-23-19(25)8-7-15-5-3-4-6-15/h15-18H,2-14H2,1H3,(H,22,26)(H,23,25)/t16-,17+,18+,21+/m0/s1. The first-order chi connectivity index (χ1) is 13.1. The van der Waals surface area contributed by atoms with E-state index in [0.29, 0.717) is 31.3 Å². The van der Waals surface area contributed by atoms with Crippen molar-refractivity contribution in [2.24, 2.45) is 17.8 Å². The molecule has 3 aliphatic heterocycles. The minimum atomic E-state index is -0.0730. The lowest BCUT2D eigenvalue weighted by Gasteiger charge is -2.29. The molecule has 1 saturated carbocycles. The van der Waals surface area contributed by atoms with Gasteiger partial charge in [-0.05, 0) is 32.1 Å².